The van der Waals surface area contributed by atoms with Gasteiger partial charge in [0.05, 0.1) is 0 Å². The molecule has 0 heterocycles. The third kappa shape index (κ3) is 30.0. The number of carbonyl (C=O) groups is 1. The van der Waals surface area contributed by atoms with Crippen LogP contribution in [0.15, 0.2) is 0 Å². The molecule has 0 rings (SSSR count). The van der Waals surface area contributed by atoms with Crippen molar-refractivity contribution in [2.45, 2.75) is 110 Å². The van der Waals surface area contributed by atoms with Crippen LogP contribution in [0.25, 0.3) is 0 Å². The van der Waals surface area contributed by atoms with E-state index < -0.39 is 5.97 Å². The summed E-state index contributed by atoms with van der Waals surface area (Å²) in [5.74, 6) is -0.653. The van der Waals surface area contributed by atoms with Crippen molar-refractivity contribution >= 4 is 31.8 Å². The average molecular weight is 383 g/mol. The van der Waals surface area contributed by atoms with Gasteiger partial charge in [0.1, 0.15) is 0 Å². The highest BCUT2D eigenvalue weighted by atomic mass is 32.1. The van der Waals surface area contributed by atoms with Gasteiger partial charge in [0.2, 0.25) is 0 Å². The summed E-state index contributed by atoms with van der Waals surface area (Å²) in [5, 5.41) is 8.52. The highest BCUT2D eigenvalue weighted by molar-refractivity contribution is 7.77. The van der Waals surface area contributed by atoms with Crippen LogP contribution in [0.1, 0.15) is 110 Å². The first kappa shape index (κ1) is 26.3. The number of hydrogen-bond acceptors (Lipinski definition) is 5. The molecular formula is C18H38O4S2. The van der Waals surface area contributed by atoms with Crippen molar-refractivity contribution in [3.63, 3.8) is 0 Å². The topological polar surface area (TPSA) is 55.8 Å². The number of carboxylic acids is 1. The Morgan fingerprint density at radius 1 is 0.667 bits per heavy atom. The second-order valence-electron chi connectivity index (χ2n) is 6.24. The van der Waals surface area contributed by atoms with Crippen LogP contribution >= 0.6 is 25.8 Å². The summed E-state index contributed by atoms with van der Waals surface area (Å²) < 4.78 is 7.20. The molecule has 0 spiro atoms. The molecule has 1 N–H and O–H groups in total. The largest absolute Gasteiger partial charge is 0.481 e. The van der Waals surface area contributed by atoms with Crippen LogP contribution in [0.5, 0.6) is 0 Å². The average Bonchev–Trinajstić information content (AvgIpc) is 2.58. The maximum Gasteiger partial charge on any atom is 0.303 e. The smallest absolute Gasteiger partial charge is 0.303 e. The third-order valence-electron chi connectivity index (χ3n) is 4.03. The van der Waals surface area contributed by atoms with Crippen molar-refractivity contribution in [1.29, 1.82) is 0 Å². The van der Waals surface area contributed by atoms with E-state index in [9.17, 15) is 4.79 Å². The van der Waals surface area contributed by atoms with Gasteiger partial charge in [-0.05, 0) is 6.42 Å². The molecule has 0 atom stereocenters. The lowest BCUT2D eigenvalue weighted by molar-refractivity contribution is -0.137. The highest BCUT2D eigenvalue weighted by Gasteiger charge is 1.97. The van der Waals surface area contributed by atoms with Crippen molar-refractivity contribution in [2.24, 2.45) is 0 Å². The minimum absolute atomic E-state index is 0.345. The van der Waals surface area contributed by atoms with Crippen molar-refractivity contribution in [1.82, 2.24) is 0 Å². The Labute approximate surface area is 160 Å². The van der Waals surface area contributed by atoms with Crippen LogP contribution in [0.2, 0.25) is 0 Å². The first-order valence-electron chi connectivity index (χ1n) is 9.52. The van der Waals surface area contributed by atoms with Gasteiger partial charge in [0.25, 0.3) is 0 Å². The summed E-state index contributed by atoms with van der Waals surface area (Å²) in [6.45, 7) is 2.27. The molecule has 0 aliphatic carbocycles. The summed E-state index contributed by atoms with van der Waals surface area (Å²) in [6, 6.07) is 0. The molecule has 0 saturated heterocycles. The van der Waals surface area contributed by atoms with Crippen LogP contribution in [0, 0.1) is 0 Å². The van der Waals surface area contributed by atoms with Gasteiger partial charge in [0, 0.05) is 32.2 Å². The molecule has 146 valence electrons. The summed E-state index contributed by atoms with van der Waals surface area (Å²) in [7, 11) is 0. The molecule has 0 radical (unpaired) electrons. The zero-order valence-corrected chi connectivity index (χ0v) is 17.2. The molecule has 0 aromatic heterocycles. The van der Waals surface area contributed by atoms with Gasteiger partial charge in [-0.1, -0.05) is 96.8 Å². The molecular weight excluding hydrogens is 344 g/mol. The van der Waals surface area contributed by atoms with Gasteiger partial charge in [-0.3, -0.25) is 4.79 Å². The van der Waals surface area contributed by atoms with Gasteiger partial charge in [-0.15, -0.1) is 0 Å². The van der Waals surface area contributed by atoms with Crippen LogP contribution in [-0.2, 0) is 13.5 Å². The van der Waals surface area contributed by atoms with Crippen LogP contribution in [0.3, 0.4) is 0 Å². The maximum absolute atomic E-state index is 10.3. The molecule has 0 unspecified atom stereocenters. The number of carboxylic acid groups (broad SMARTS) is 1. The normalized spacial score (nSPS) is 10.3. The summed E-state index contributed by atoms with van der Waals surface area (Å²) in [5.41, 5.74) is 0. The summed E-state index contributed by atoms with van der Waals surface area (Å²) in [4.78, 5) is 10.3. The lowest BCUT2D eigenvalue weighted by Gasteiger charge is -2.03. The van der Waals surface area contributed by atoms with Gasteiger partial charge < -0.3 is 5.11 Å². The number of thiol groups is 2. The fourth-order valence-corrected chi connectivity index (χ4v) is 2.65. The maximum atomic E-state index is 10.3. The predicted octanol–water partition coefficient (Wildman–Crippen LogP) is 6.96. The summed E-state index contributed by atoms with van der Waals surface area (Å²) in [6.07, 6.45) is 20.2. The molecule has 0 saturated carbocycles. The molecule has 0 aliphatic heterocycles. The Bertz CT molecular complexity index is 239. The SMILES string of the molecule is CCCCCCCCCCCCCCCCCC(=O)O.SOOS. The molecule has 4 nitrogen and oxygen atoms in total. The van der Waals surface area contributed by atoms with Gasteiger partial charge in [-0.2, -0.15) is 8.67 Å². The Kier molecular flexibility index (Phi) is 27.8. The highest BCUT2D eigenvalue weighted by Crippen LogP contribution is 2.13. The zero-order chi connectivity index (χ0) is 18.3. The lowest BCUT2D eigenvalue weighted by Crippen LogP contribution is -1.93. The monoisotopic (exact) mass is 382 g/mol. The van der Waals surface area contributed by atoms with E-state index in [1.807, 2.05) is 0 Å². The molecule has 0 aliphatic rings. The van der Waals surface area contributed by atoms with E-state index >= 15 is 0 Å². The zero-order valence-electron chi connectivity index (χ0n) is 15.4. The van der Waals surface area contributed by atoms with Gasteiger partial charge in [-0.25, -0.2) is 0 Å². The molecule has 0 amide bonds. The van der Waals surface area contributed by atoms with E-state index in [0.717, 1.165) is 12.8 Å². The Balaban J connectivity index is 0. The van der Waals surface area contributed by atoms with Crippen molar-refractivity contribution < 1.29 is 18.6 Å². The first-order valence-corrected chi connectivity index (χ1v) is 10.3. The van der Waals surface area contributed by atoms with E-state index in [0.29, 0.717) is 6.42 Å². The van der Waals surface area contributed by atoms with Crippen LogP contribution < -0.4 is 0 Å². The van der Waals surface area contributed by atoms with E-state index in [4.69, 9.17) is 5.11 Å². The van der Waals surface area contributed by atoms with Crippen molar-refractivity contribution in [2.75, 3.05) is 0 Å². The van der Waals surface area contributed by atoms with E-state index in [-0.39, 0.29) is 0 Å². The second kappa shape index (κ2) is 25.3. The third-order valence-corrected chi connectivity index (χ3v) is 4.29. The van der Waals surface area contributed by atoms with Crippen LogP contribution in [0.4, 0.5) is 0 Å². The summed E-state index contributed by atoms with van der Waals surface area (Å²) >= 11 is 6.24. The van der Waals surface area contributed by atoms with Gasteiger partial charge in [0.15, 0.2) is 0 Å². The minimum atomic E-state index is -0.653. The number of aliphatic carboxylic acids is 1. The number of hydrogen-bond donors (Lipinski definition) is 3. The first-order chi connectivity index (χ1) is 11.7. The van der Waals surface area contributed by atoms with E-state index in [2.05, 4.69) is 41.4 Å². The molecule has 24 heavy (non-hydrogen) atoms. The molecule has 0 bridgehead atoms. The van der Waals surface area contributed by atoms with Crippen molar-refractivity contribution in [3.05, 3.63) is 0 Å². The molecule has 6 heteroatoms. The number of rotatable bonds is 17. The fraction of sp³-hybridized carbons (Fsp3) is 0.944. The Hall–Kier alpha value is 0.0900. The minimum Gasteiger partial charge on any atom is -0.481 e. The molecule has 0 fully saturated rings. The lowest BCUT2D eigenvalue weighted by atomic mass is 10.0. The van der Waals surface area contributed by atoms with E-state index in [1.54, 1.807) is 0 Å². The van der Waals surface area contributed by atoms with Crippen molar-refractivity contribution in [3.8, 4) is 0 Å². The standard InChI is InChI=1S/C18H36O2.H2O2S2/c1-2-3-4-5-6-7-8-9-10-11-12-13-14-15-16-17-18(19)20;3-1-2-4/h2-17H2,1H3,(H,19,20);3-4H. The Morgan fingerprint density at radius 2 is 0.958 bits per heavy atom. The number of unbranched alkanes of at least 4 members (excludes halogenated alkanes) is 14. The van der Waals surface area contributed by atoms with Gasteiger partial charge >= 0.3 is 5.97 Å². The fourth-order valence-electron chi connectivity index (χ4n) is 2.65. The van der Waals surface area contributed by atoms with E-state index in [1.165, 1.54) is 83.5 Å². The second-order valence-corrected chi connectivity index (χ2v) is 6.54. The molecule has 0 aromatic carbocycles. The quantitative estimate of drug-likeness (QED) is 0.0837. The molecule has 0 aromatic rings. The Morgan fingerprint density at radius 3 is 1.21 bits per heavy atom. The predicted molar refractivity (Wildman–Crippen MR) is 107 cm³/mol. The van der Waals surface area contributed by atoms with Crippen LogP contribution in [-0.4, -0.2) is 11.1 Å².